The van der Waals surface area contributed by atoms with Crippen LogP contribution in [0.5, 0.6) is 0 Å². The lowest BCUT2D eigenvalue weighted by molar-refractivity contribution is -0.204. The summed E-state index contributed by atoms with van der Waals surface area (Å²) in [6, 6.07) is 0. The van der Waals surface area contributed by atoms with Crippen molar-refractivity contribution in [2.75, 3.05) is 6.61 Å². The molecule has 3 N–H and O–H groups in total. The zero-order valence-electron chi connectivity index (χ0n) is 12.4. The first-order chi connectivity index (χ1) is 9.02. The van der Waals surface area contributed by atoms with Crippen molar-refractivity contribution in [2.45, 2.75) is 64.1 Å². The fraction of sp³-hybridized carbons (Fsp3) is 0.867. The molecule has 5 nitrogen and oxygen atoms in total. The standard InChI is InChI=1S/C15H24O5/c1-12(2)5-4-10(17)13(3,19)15(12)7-6-14(20,9-16)11(18)8-15/h16,19-20H,4-9H2,1-3H3/t13-,14-,15+/m0/s1. The van der Waals surface area contributed by atoms with Gasteiger partial charge < -0.3 is 15.3 Å². The third-order valence-electron chi connectivity index (χ3n) is 5.96. The van der Waals surface area contributed by atoms with E-state index in [1.165, 1.54) is 6.92 Å². The fourth-order valence-corrected chi connectivity index (χ4v) is 4.08. The second-order valence-electron chi connectivity index (χ2n) is 7.25. The molecule has 20 heavy (non-hydrogen) atoms. The van der Waals surface area contributed by atoms with E-state index in [2.05, 4.69) is 0 Å². The van der Waals surface area contributed by atoms with Gasteiger partial charge in [-0.25, -0.2) is 0 Å². The predicted octanol–water partition coefficient (Wildman–Crippen LogP) is 0.589. The Bertz CT molecular complexity index is 453. The van der Waals surface area contributed by atoms with Gasteiger partial charge in [0.1, 0.15) is 11.2 Å². The molecule has 2 saturated carbocycles. The fourth-order valence-electron chi connectivity index (χ4n) is 4.08. The molecule has 0 unspecified atom stereocenters. The molecule has 114 valence electrons. The molecular formula is C15H24O5. The summed E-state index contributed by atoms with van der Waals surface area (Å²) >= 11 is 0. The summed E-state index contributed by atoms with van der Waals surface area (Å²) in [6.45, 7) is 4.81. The molecule has 3 atom stereocenters. The molecule has 2 aliphatic carbocycles. The van der Waals surface area contributed by atoms with Gasteiger partial charge >= 0.3 is 0 Å². The van der Waals surface area contributed by atoms with Gasteiger partial charge in [-0.2, -0.15) is 0 Å². The van der Waals surface area contributed by atoms with Crippen LogP contribution in [0.25, 0.3) is 0 Å². The van der Waals surface area contributed by atoms with Crippen LogP contribution in [0.3, 0.4) is 0 Å². The molecule has 5 heteroatoms. The lowest BCUT2D eigenvalue weighted by Gasteiger charge is -2.60. The van der Waals surface area contributed by atoms with Crippen molar-refractivity contribution in [3.8, 4) is 0 Å². The number of carbonyl (C=O) groups excluding carboxylic acids is 2. The van der Waals surface area contributed by atoms with E-state index in [1.807, 2.05) is 13.8 Å². The van der Waals surface area contributed by atoms with Crippen LogP contribution in [0.4, 0.5) is 0 Å². The molecular weight excluding hydrogens is 260 g/mol. The molecule has 0 amide bonds. The number of hydrogen-bond acceptors (Lipinski definition) is 5. The maximum atomic E-state index is 12.3. The van der Waals surface area contributed by atoms with Crippen molar-refractivity contribution >= 4 is 11.6 Å². The third-order valence-corrected chi connectivity index (χ3v) is 5.96. The summed E-state index contributed by atoms with van der Waals surface area (Å²) in [7, 11) is 0. The van der Waals surface area contributed by atoms with Crippen LogP contribution in [-0.4, -0.2) is 44.7 Å². The second-order valence-corrected chi connectivity index (χ2v) is 7.25. The highest BCUT2D eigenvalue weighted by molar-refractivity contribution is 5.93. The molecule has 0 aliphatic heterocycles. The Kier molecular flexibility index (Phi) is 3.40. The van der Waals surface area contributed by atoms with Crippen LogP contribution >= 0.6 is 0 Å². The van der Waals surface area contributed by atoms with E-state index in [4.69, 9.17) is 0 Å². The largest absolute Gasteiger partial charge is 0.393 e. The number of carbonyl (C=O) groups is 2. The number of hydrogen-bond donors (Lipinski definition) is 3. The van der Waals surface area contributed by atoms with Crippen molar-refractivity contribution in [3.63, 3.8) is 0 Å². The van der Waals surface area contributed by atoms with Gasteiger partial charge in [0.2, 0.25) is 0 Å². The highest BCUT2D eigenvalue weighted by Gasteiger charge is 2.65. The van der Waals surface area contributed by atoms with Crippen LogP contribution < -0.4 is 0 Å². The Balaban J connectivity index is 2.47. The summed E-state index contributed by atoms with van der Waals surface area (Å²) in [5.74, 6) is -0.714. The Labute approximate surface area is 119 Å². The molecule has 2 rings (SSSR count). The van der Waals surface area contributed by atoms with Gasteiger partial charge in [-0.1, -0.05) is 13.8 Å². The second kappa shape index (κ2) is 4.36. The normalized spacial score (nSPS) is 44.9. The van der Waals surface area contributed by atoms with Crippen molar-refractivity contribution in [1.29, 1.82) is 0 Å². The van der Waals surface area contributed by atoms with Gasteiger partial charge in [-0.05, 0) is 31.6 Å². The maximum absolute atomic E-state index is 12.3. The molecule has 0 saturated heterocycles. The Morgan fingerprint density at radius 1 is 1.00 bits per heavy atom. The zero-order valence-corrected chi connectivity index (χ0v) is 12.4. The Hall–Kier alpha value is -0.780. The average molecular weight is 284 g/mol. The summed E-state index contributed by atoms with van der Waals surface area (Å²) in [6.07, 6.45) is 1.28. The minimum absolute atomic E-state index is 0.0736. The van der Waals surface area contributed by atoms with Gasteiger partial charge in [0, 0.05) is 18.3 Å². The van der Waals surface area contributed by atoms with Crippen LogP contribution in [0.15, 0.2) is 0 Å². The van der Waals surface area contributed by atoms with E-state index in [0.717, 1.165) is 0 Å². The topological polar surface area (TPSA) is 94.8 Å². The minimum atomic E-state index is -1.72. The molecule has 2 aliphatic rings. The van der Waals surface area contributed by atoms with E-state index in [1.54, 1.807) is 0 Å². The number of aliphatic hydroxyl groups is 3. The first kappa shape index (κ1) is 15.6. The van der Waals surface area contributed by atoms with E-state index in [9.17, 15) is 24.9 Å². The van der Waals surface area contributed by atoms with Gasteiger partial charge in [0.25, 0.3) is 0 Å². The number of ketones is 2. The Morgan fingerprint density at radius 2 is 1.60 bits per heavy atom. The summed E-state index contributed by atoms with van der Waals surface area (Å²) in [5.41, 5.74) is -4.54. The summed E-state index contributed by atoms with van der Waals surface area (Å²) in [4.78, 5) is 24.4. The van der Waals surface area contributed by atoms with Gasteiger partial charge in [-0.15, -0.1) is 0 Å². The SMILES string of the molecule is CC1(C)CCC(=O)[C@](C)(O)[C@@]12CC[C@](O)(CO)C(=O)C2. The highest BCUT2D eigenvalue weighted by Crippen LogP contribution is 2.61. The van der Waals surface area contributed by atoms with Crippen molar-refractivity contribution < 1.29 is 24.9 Å². The van der Waals surface area contributed by atoms with Gasteiger partial charge in [0.15, 0.2) is 11.6 Å². The number of aliphatic hydroxyl groups excluding tert-OH is 1. The molecule has 0 bridgehead atoms. The van der Waals surface area contributed by atoms with Gasteiger partial charge in [0.05, 0.1) is 6.61 Å². The number of Topliss-reactive ketones (excluding diaryl/α,β-unsaturated/α-hetero) is 2. The monoisotopic (exact) mass is 284 g/mol. The summed E-state index contributed by atoms with van der Waals surface area (Å²) < 4.78 is 0. The van der Waals surface area contributed by atoms with Crippen LogP contribution in [0.2, 0.25) is 0 Å². The molecule has 0 aromatic heterocycles. The molecule has 0 aromatic carbocycles. The first-order valence-corrected chi connectivity index (χ1v) is 7.15. The lowest BCUT2D eigenvalue weighted by Crippen LogP contribution is -2.66. The van der Waals surface area contributed by atoms with Crippen molar-refractivity contribution in [2.24, 2.45) is 10.8 Å². The average Bonchev–Trinajstić information content (AvgIpc) is 2.37. The van der Waals surface area contributed by atoms with Crippen molar-refractivity contribution in [3.05, 3.63) is 0 Å². The summed E-state index contributed by atoms with van der Waals surface area (Å²) in [5, 5.41) is 30.1. The van der Waals surface area contributed by atoms with E-state index in [-0.39, 0.29) is 24.0 Å². The molecule has 0 aromatic rings. The quantitative estimate of drug-likeness (QED) is 0.655. The van der Waals surface area contributed by atoms with Crippen LogP contribution in [0.1, 0.15) is 52.9 Å². The molecule has 2 fully saturated rings. The van der Waals surface area contributed by atoms with Gasteiger partial charge in [-0.3, -0.25) is 9.59 Å². The Morgan fingerprint density at radius 3 is 2.10 bits per heavy atom. The molecule has 1 spiro atoms. The van der Waals surface area contributed by atoms with E-state index in [0.29, 0.717) is 19.3 Å². The van der Waals surface area contributed by atoms with Crippen LogP contribution in [-0.2, 0) is 9.59 Å². The van der Waals surface area contributed by atoms with E-state index < -0.39 is 29.0 Å². The first-order valence-electron chi connectivity index (χ1n) is 7.15. The van der Waals surface area contributed by atoms with E-state index >= 15 is 0 Å². The third kappa shape index (κ3) is 1.80. The smallest absolute Gasteiger partial charge is 0.167 e. The van der Waals surface area contributed by atoms with Crippen molar-refractivity contribution in [1.82, 2.24) is 0 Å². The molecule has 0 radical (unpaired) electrons. The minimum Gasteiger partial charge on any atom is -0.393 e. The predicted molar refractivity (Wildman–Crippen MR) is 72.0 cm³/mol. The highest BCUT2D eigenvalue weighted by atomic mass is 16.3. The van der Waals surface area contributed by atoms with Crippen LogP contribution in [0, 0.1) is 10.8 Å². The molecule has 0 heterocycles. The lowest BCUT2D eigenvalue weighted by atomic mass is 9.45. The number of rotatable bonds is 1. The zero-order chi connectivity index (χ0) is 15.4. The maximum Gasteiger partial charge on any atom is 0.167 e.